The molecule has 0 bridgehead atoms. The number of aromatic nitrogens is 1. The molecule has 1 aliphatic heterocycles. The Balaban J connectivity index is 2.03. The smallest absolute Gasteiger partial charge is 0.0616 e. The van der Waals surface area contributed by atoms with Crippen molar-refractivity contribution in [2.24, 2.45) is 5.92 Å². The molecule has 3 nitrogen and oxygen atoms in total. The van der Waals surface area contributed by atoms with Crippen LogP contribution in [0.4, 0.5) is 0 Å². The fourth-order valence-corrected chi connectivity index (χ4v) is 2.93. The minimum absolute atomic E-state index is 0.415. The molecular weight excluding hydrogens is 224 g/mol. The second kappa shape index (κ2) is 6.86. The molecule has 0 aromatic carbocycles. The Hall–Kier alpha value is -0.930. The third-order valence-corrected chi connectivity index (χ3v) is 3.80. The van der Waals surface area contributed by atoms with Crippen molar-refractivity contribution in [3.05, 3.63) is 30.1 Å². The summed E-state index contributed by atoms with van der Waals surface area (Å²) in [5, 5.41) is 3.62. The molecular formula is C15H24N2O. The molecule has 1 N–H and O–H groups in total. The van der Waals surface area contributed by atoms with E-state index in [0.717, 1.165) is 26.0 Å². The molecule has 3 unspecified atom stereocenters. The molecule has 1 aromatic heterocycles. The fourth-order valence-electron chi connectivity index (χ4n) is 2.93. The average molecular weight is 248 g/mol. The number of nitrogens with one attached hydrogen (secondary N) is 1. The summed E-state index contributed by atoms with van der Waals surface area (Å²) in [4.78, 5) is 4.44. The second-order valence-corrected chi connectivity index (χ2v) is 4.96. The number of hydrogen-bond donors (Lipinski definition) is 1. The van der Waals surface area contributed by atoms with Crippen molar-refractivity contribution in [1.82, 2.24) is 10.3 Å². The predicted molar refractivity (Wildman–Crippen MR) is 73.5 cm³/mol. The first-order chi connectivity index (χ1) is 8.85. The van der Waals surface area contributed by atoms with Gasteiger partial charge in [0.15, 0.2) is 0 Å². The summed E-state index contributed by atoms with van der Waals surface area (Å²) in [5.74, 6) is 0.622. The monoisotopic (exact) mass is 248 g/mol. The van der Waals surface area contributed by atoms with Crippen LogP contribution in [0.1, 0.15) is 32.4 Å². The van der Waals surface area contributed by atoms with E-state index in [9.17, 15) is 0 Å². The molecule has 2 rings (SSSR count). The number of nitrogens with zero attached hydrogens (tertiary/aromatic N) is 1. The van der Waals surface area contributed by atoms with Gasteiger partial charge in [-0.15, -0.1) is 0 Å². The van der Waals surface area contributed by atoms with Gasteiger partial charge in [-0.25, -0.2) is 0 Å². The van der Waals surface area contributed by atoms with E-state index < -0.39 is 0 Å². The highest BCUT2D eigenvalue weighted by atomic mass is 16.5. The largest absolute Gasteiger partial charge is 0.378 e. The molecule has 18 heavy (non-hydrogen) atoms. The topological polar surface area (TPSA) is 34.2 Å². The van der Waals surface area contributed by atoms with Gasteiger partial charge in [0, 0.05) is 36.9 Å². The summed E-state index contributed by atoms with van der Waals surface area (Å²) in [6.07, 6.45) is 5.57. The van der Waals surface area contributed by atoms with E-state index in [1.807, 2.05) is 12.3 Å². The van der Waals surface area contributed by atoms with Crippen molar-refractivity contribution in [3.63, 3.8) is 0 Å². The Morgan fingerprint density at radius 2 is 2.33 bits per heavy atom. The third kappa shape index (κ3) is 3.30. The summed E-state index contributed by atoms with van der Waals surface area (Å²) in [6.45, 7) is 6.30. The van der Waals surface area contributed by atoms with Gasteiger partial charge in [-0.3, -0.25) is 4.98 Å². The summed E-state index contributed by atoms with van der Waals surface area (Å²) >= 11 is 0. The SMILES string of the molecule is CCNC(Cc1ccccn1)C1CCOC1CC. The molecule has 0 saturated carbocycles. The van der Waals surface area contributed by atoms with Crippen molar-refractivity contribution >= 4 is 0 Å². The lowest BCUT2D eigenvalue weighted by molar-refractivity contribution is 0.0775. The molecule has 0 aliphatic carbocycles. The molecule has 3 heteroatoms. The van der Waals surface area contributed by atoms with E-state index in [1.54, 1.807) is 0 Å². The minimum Gasteiger partial charge on any atom is -0.378 e. The standard InChI is InChI=1S/C15H24N2O/c1-3-15-13(8-10-18-15)14(16-4-2)11-12-7-5-6-9-17-12/h5-7,9,13-16H,3-4,8,10-11H2,1-2H3. The zero-order chi connectivity index (χ0) is 12.8. The lowest BCUT2D eigenvalue weighted by Gasteiger charge is -2.27. The molecule has 1 aromatic rings. The van der Waals surface area contributed by atoms with E-state index in [0.29, 0.717) is 18.1 Å². The molecule has 2 heterocycles. The van der Waals surface area contributed by atoms with E-state index in [-0.39, 0.29) is 0 Å². The highest BCUT2D eigenvalue weighted by Gasteiger charge is 2.33. The van der Waals surface area contributed by atoms with Crippen LogP contribution in [-0.2, 0) is 11.2 Å². The molecule has 1 aliphatic rings. The first kappa shape index (κ1) is 13.5. The van der Waals surface area contributed by atoms with Gasteiger partial charge in [0.25, 0.3) is 0 Å². The second-order valence-electron chi connectivity index (χ2n) is 4.96. The highest BCUT2D eigenvalue weighted by Crippen LogP contribution is 2.27. The van der Waals surface area contributed by atoms with Gasteiger partial charge in [-0.2, -0.15) is 0 Å². The Morgan fingerprint density at radius 1 is 1.44 bits per heavy atom. The lowest BCUT2D eigenvalue weighted by atomic mass is 9.88. The van der Waals surface area contributed by atoms with Crippen LogP contribution < -0.4 is 5.32 Å². The van der Waals surface area contributed by atoms with Crippen molar-refractivity contribution in [2.45, 2.75) is 45.3 Å². The Bertz CT molecular complexity index is 342. The Morgan fingerprint density at radius 3 is 3.00 bits per heavy atom. The zero-order valence-corrected chi connectivity index (χ0v) is 11.4. The van der Waals surface area contributed by atoms with Crippen LogP contribution in [0.25, 0.3) is 0 Å². The minimum atomic E-state index is 0.415. The zero-order valence-electron chi connectivity index (χ0n) is 11.4. The van der Waals surface area contributed by atoms with Crippen LogP contribution in [0.5, 0.6) is 0 Å². The van der Waals surface area contributed by atoms with Gasteiger partial charge in [-0.05, 0) is 31.5 Å². The normalized spacial score (nSPS) is 25.2. The van der Waals surface area contributed by atoms with Crippen LogP contribution in [-0.4, -0.2) is 30.3 Å². The van der Waals surface area contributed by atoms with Gasteiger partial charge in [0.1, 0.15) is 0 Å². The Kier molecular flexibility index (Phi) is 5.14. The lowest BCUT2D eigenvalue weighted by Crippen LogP contribution is -2.41. The van der Waals surface area contributed by atoms with E-state index in [1.165, 1.54) is 12.1 Å². The van der Waals surface area contributed by atoms with Gasteiger partial charge >= 0.3 is 0 Å². The molecule has 100 valence electrons. The van der Waals surface area contributed by atoms with Crippen molar-refractivity contribution in [1.29, 1.82) is 0 Å². The van der Waals surface area contributed by atoms with Crippen LogP contribution in [0.3, 0.4) is 0 Å². The molecule has 1 fully saturated rings. The first-order valence-corrected chi connectivity index (χ1v) is 7.10. The van der Waals surface area contributed by atoms with Gasteiger partial charge in [0.2, 0.25) is 0 Å². The Labute approximate surface area is 110 Å². The summed E-state index contributed by atoms with van der Waals surface area (Å²) < 4.78 is 5.82. The molecule has 3 atom stereocenters. The molecule has 1 saturated heterocycles. The third-order valence-electron chi connectivity index (χ3n) is 3.80. The summed E-state index contributed by atoms with van der Waals surface area (Å²) in [5.41, 5.74) is 1.17. The van der Waals surface area contributed by atoms with Crippen LogP contribution in [0.15, 0.2) is 24.4 Å². The number of hydrogen-bond acceptors (Lipinski definition) is 3. The van der Waals surface area contributed by atoms with Crippen molar-refractivity contribution in [2.75, 3.05) is 13.2 Å². The highest BCUT2D eigenvalue weighted by molar-refractivity contribution is 5.06. The van der Waals surface area contributed by atoms with E-state index in [4.69, 9.17) is 4.74 Å². The molecule has 0 radical (unpaired) electrons. The molecule has 0 amide bonds. The van der Waals surface area contributed by atoms with Gasteiger partial charge < -0.3 is 10.1 Å². The van der Waals surface area contributed by atoms with Gasteiger partial charge in [0.05, 0.1) is 6.10 Å². The van der Waals surface area contributed by atoms with Crippen LogP contribution in [0.2, 0.25) is 0 Å². The summed E-state index contributed by atoms with van der Waals surface area (Å²) in [6, 6.07) is 6.63. The number of pyridine rings is 1. The average Bonchev–Trinajstić information content (AvgIpc) is 2.87. The van der Waals surface area contributed by atoms with Crippen LogP contribution in [0, 0.1) is 5.92 Å². The van der Waals surface area contributed by atoms with E-state index in [2.05, 4.69) is 36.3 Å². The van der Waals surface area contributed by atoms with Crippen molar-refractivity contribution < 1.29 is 4.74 Å². The first-order valence-electron chi connectivity index (χ1n) is 7.10. The predicted octanol–water partition coefficient (Wildman–Crippen LogP) is 2.42. The number of ether oxygens (including phenoxy) is 1. The maximum absolute atomic E-state index is 5.82. The maximum atomic E-state index is 5.82. The number of rotatable bonds is 6. The maximum Gasteiger partial charge on any atom is 0.0616 e. The van der Waals surface area contributed by atoms with Gasteiger partial charge in [-0.1, -0.05) is 19.9 Å². The van der Waals surface area contributed by atoms with E-state index >= 15 is 0 Å². The quantitative estimate of drug-likeness (QED) is 0.839. The number of likely N-dealkylation sites (N-methyl/N-ethyl adjacent to an activating group) is 1. The summed E-state index contributed by atoms with van der Waals surface area (Å²) in [7, 11) is 0. The fraction of sp³-hybridized carbons (Fsp3) is 0.667. The van der Waals surface area contributed by atoms with Crippen molar-refractivity contribution in [3.8, 4) is 0 Å². The van der Waals surface area contributed by atoms with Crippen LogP contribution >= 0.6 is 0 Å². The molecule has 0 spiro atoms.